The van der Waals surface area contributed by atoms with E-state index in [-0.39, 0.29) is 0 Å². The number of unbranched alkanes of at least 4 members (excludes halogenated alkanes) is 1. The molecule has 0 amide bonds. The molecular weight excluding hydrogens is 126 g/mol. The van der Waals surface area contributed by atoms with Crippen molar-refractivity contribution < 1.29 is 4.74 Å². The first-order chi connectivity index (χ1) is 4.91. The molecule has 0 aliphatic rings. The van der Waals surface area contributed by atoms with Crippen LogP contribution >= 0.6 is 0 Å². The van der Waals surface area contributed by atoms with Crippen molar-refractivity contribution in [3.05, 3.63) is 12.3 Å². The summed E-state index contributed by atoms with van der Waals surface area (Å²) in [6, 6.07) is 2.05. The molecule has 0 aromatic carbocycles. The van der Waals surface area contributed by atoms with Crippen molar-refractivity contribution >= 4 is 0 Å². The molecule has 2 heteroatoms. The van der Waals surface area contributed by atoms with Gasteiger partial charge in [0.05, 0.1) is 18.9 Å². The quantitative estimate of drug-likeness (QED) is 0.432. The second-order valence-electron chi connectivity index (χ2n) is 1.94. The monoisotopic (exact) mass is 139 g/mol. The van der Waals surface area contributed by atoms with Crippen LogP contribution in [0.5, 0.6) is 0 Å². The van der Waals surface area contributed by atoms with E-state index in [9.17, 15) is 0 Å². The number of nitrogens with zero attached hydrogens (tertiary/aromatic N) is 1. The number of nitriles is 1. The maximum atomic E-state index is 8.14. The minimum Gasteiger partial charge on any atom is -0.502 e. The van der Waals surface area contributed by atoms with E-state index in [2.05, 4.69) is 13.0 Å². The molecule has 0 bridgehead atoms. The Labute approximate surface area is 62.1 Å². The van der Waals surface area contributed by atoms with E-state index in [0.717, 1.165) is 19.4 Å². The van der Waals surface area contributed by atoms with Crippen molar-refractivity contribution in [3.8, 4) is 6.07 Å². The molecule has 0 fully saturated rings. The predicted octanol–water partition coefficient (Wildman–Crippen LogP) is 2.23. The summed E-state index contributed by atoms with van der Waals surface area (Å²) >= 11 is 0. The first kappa shape index (κ1) is 9.03. The molecule has 0 saturated heterocycles. The molecule has 0 aromatic rings. The highest BCUT2D eigenvalue weighted by molar-refractivity contribution is 4.80. The Kier molecular flexibility index (Phi) is 7.25. The smallest absolute Gasteiger partial charge is 0.0870 e. The molecule has 56 valence electrons. The highest BCUT2D eigenvalue weighted by atomic mass is 16.5. The molecule has 10 heavy (non-hydrogen) atoms. The van der Waals surface area contributed by atoms with Gasteiger partial charge in [-0.25, -0.2) is 0 Å². The Balaban J connectivity index is 2.98. The number of hydrogen-bond acceptors (Lipinski definition) is 2. The minimum atomic E-state index is 0.575. The number of rotatable bonds is 5. The van der Waals surface area contributed by atoms with Gasteiger partial charge in [0, 0.05) is 6.42 Å². The van der Waals surface area contributed by atoms with Gasteiger partial charge in [0.1, 0.15) is 0 Å². The third kappa shape index (κ3) is 7.03. The molecular formula is C8H13NO. The van der Waals surface area contributed by atoms with Crippen molar-refractivity contribution in [3.63, 3.8) is 0 Å². The zero-order valence-electron chi connectivity index (χ0n) is 6.34. The molecule has 0 spiro atoms. The minimum absolute atomic E-state index is 0.575. The summed E-state index contributed by atoms with van der Waals surface area (Å²) in [5.41, 5.74) is 0. The normalized spacial score (nSPS) is 9.60. The second-order valence-corrected chi connectivity index (χ2v) is 1.94. The van der Waals surface area contributed by atoms with Crippen LogP contribution in [0, 0.1) is 11.3 Å². The van der Waals surface area contributed by atoms with Crippen molar-refractivity contribution in [2.24, 2.45) is 0 Å². The molecule has 0 aliphatic heterocycles. The fourth-order valence-corrected chi connectivity index (χ4v) is 0.470. The van der Waals surface area contributed by atoms with Gasteiger partial charge in [0.2, 0.25) is 0 Å². The Morgan fingerprint density at radius 1 is 1.60 bits per heavy atom. The van der Waals surface area contributed by atoms with E-state index in [0.29, 0.717) is 6.42 Å². The average Bonchev–Trinajstić information content (AvgIpc) is 1.97. The van der Waals surface area contributed by atoms with E-state index in [1.807, 2.05) is 6.08 Å². The summed E-state index contributed by atoms with van der Waals surface area (Å²) in [4.78, 5) is 0. The third-order valence-electron chi connectivity index (χ3n) is 0.937. The van der Waals surface area contributed by atoms with E-state index < -0.39 is 0 Å². The fourth-order valence-electron chi connectivity index (χ4n) is 0.470. The maximum absolute atomic E-state index is 8.14. The van der Waals surface area contributed by atoms with Crippen LogP contribution in [-0.4, -0.2) is 6.61 Å². The predicted molar refractivity (Wildman–Crippen MR) is 40.2 cm³/mol. The van der Waals surface area contributed by atoms with Crippen LogP contribution in [0.2, 0.25) is 0 Å². The SMILES string of the molecule is CCCOC=CCCC#N. The van der Waals surface area contributed by atoms with Crippen molar-refractivity contribution in [2.75, 3.05) is 6.61 Å². The maximum Gasteiger partial charge on any atom is 0.0870 e. The molecule has 0 N–H and O–H groups in total. The molecule has 0 unspecified atom stereocenters. The summed E-state index contributed by atoms with van der Waals surface area (Å²) in [5.74, 6) is 0. The van der Waals surface area contributed by atoms with Gasteiger partial charge < -0.3 is 4.74 Å². The third-order valence-corrected chi connectivity index (χ3v) is 0.937. The fraction of sp³-hybridized carbons (Fsp3) is 0.625. The number of allylic oxidation sites excluding steroid dienone is 1. The summed E-state index contributed by atoms with van der Waals surface area (Å²) in [5, 5.41) is 8.14. The van der Waals surface area contributed by atoms with Gasteiger partial charge in [-0.2, -0.15) is 5.26 Å². The van der Waals surface area contributed by atoms with Gasteiger partial charge >= 0.3 is 0 Å². The number of ether oxygens (including phenoxy) is 1. The lowest BCUT2D eigenvalue weighted by Gasteiger charge is -1.93. The lowest BCUT2D eigenvalue weighted by Crippen LogP contribution is -1.81. The molecule has 2 nitrogen and oxygen atoms in total. The lowest BCUT2D eigenvalue weighted by molar-refractivity contribution is 0.249. The lowest BCUT2D eigenvalue weighted by atomic mass is 10.3. The molecule has 0 atom stereocenters. The molecule has 0 aliphatic carbocycles. The Bertz CT molecular complexity index is 124. The first-order valence-corrected chi connectivity index (χ1v) is 3.55. The summed E-state index contributed by atoms with van der Waals surface area (Å²) in [6.07, 6.45) is 5.94. The first-order valence-electron chi connectivity index (χ1n) is 3.55. The van der Waals surface area contributed by atoms with Crippen molar-refractivity contribution in [2.45, 2.75) is 26.2 Å². The highest BCUT2D eigenvalue weighted by Gasteiger charge is 1.77. The van der Waals surface area contributed by atoms with E-state index in [4.69, 9.17) is 10.00 Å². The summed E-state index contributed by atoms with van der Waals surface area (Å²) in [6.45, 7) is 2.83. The Morgan fingerprint density at radius 2 is 2.40 bits per heavy atom. The molecule has 0 radical (unpaired) electrons. The topological polar surface area (TPSA) is 33.0 Å². The van der Waals surface area contributed by atoms with E-state index in [1.165, 1.54) is 0 Å². The summed E-state index contributed by atoms with van der Waals surface area (Å²) in [7, 11) is 0. The highest BCUT2D eigenvalue weighted by Crippen LogP contribution is 1.89. The summed E-state index contributed by atoms with van der Waals surface area (Å²) < 4.78 is 5.04. The van der Waals surface area contributed by atoms with Crippen LogP contribution in [-0.2, 0) is 4.74 Å². The zero-order valence-corrected chi connectivity index (χ0v) is 6.34. The van der Waals surface area contributed by atoms with Gasteiger partial charge in [0.15, 0.2) is 0 Å². The average molecular weight is 139 g/mol. The zero-order chi connectivity index (χ0) is 7.66. The Morgan fingerprint density at radius 3 is 3.00 bits per heavy atom. The molecule has 0 aromatic heterocycles. The van der Waals surface area contributed by atoms with Gasteiger partial charge in [0.25, 0.3) is 0 Å². The van der Waals surface area contributed by atoms with Gasteiger partial charge in [-0.05, 0) is 18.9 Å². The van der Waals surface area contributed by atoms with E-state index in [1.54, 1.807) is 6.26 Å². The van der Waals surface area contributed by atoms with Crippen molar-refractivity contribution in [1.82, 2.24) is 0 Å². The van der Waals surface area contributed by atoms with Gasteiger partial charge in [-0.1, -0.05) is 6.92 Å². The van der Waals surface area contributed by atoms with E-state index >= 15 is 0 Å². The van der Waals surface area contributed by atoms with Crippen LogP contribution in [0.3, 0.4) is 0 Å². The van der Waals surface area contributed by atoms with Crippen LogP contribution in [0.4, 0.5) is 0 Å². The van der Waals surface area contributed by atoms with Crippen LogP contribution < -0.4 is 0 Å². The number of hydrogen-bond donors (Lipinski definition) is 0. The van der Waals surface area contributed by atoms with Gasteiger partial charge in [-0.3, -0.25) is 0 Å². The Hall–Kier alpha value is -0.970. The molecule has 0 heterocycles. The second kappa shape index (κ2) is 8.03. The molecule has 0 rings (SSSR count). The largest absolute Gasteiger partial charge is 0.502 e. The van der Waals surface area contributed by atoms with Gasteiger partial charge in [-0.15, -0.1) is 0 Å². The standard InChI is InChI=1S/C8H13NO/c1-2-7-10-8-5-3-4-6-9/h5,8H,2-4,7H2,1H3. The molecule has 0 saturated carbocycles. The van der Waals surface area contributed by atoms with Crippen LogP contribution in [0.1, 0.15) is 26.2 Å². The van der Waals surface area contributed by atoms with Crippen LogP contribution in [0.15, 0.2) is 12.3 Å². The van der Waals surface area contributed by atoms with Crippen LogP contribution in [0.25, 0.3) is 0 Å². The van der Waals surface area contributed by atoms with Crippen molar-refractivity contribution in [1.29, 1.82) is 5.26 Å².